The molecule has 0 radical (unpaired) electrons. The Bertz CT molecular complexity index is 682. The van der Waals surface area contributed by atoms with Crippen molar-refractivity contribution in [3.63, 3.8) is 0 Å². The molecule has 2 rings (SSSR count). The number of benzene rings is 1. The van der Waals surface area contributed by atoms with Crippen molar-refractivity contribution in [3.05, 3.63) is 40.9 Å². The maximum absolute atomic E-state index is 11.7. The number of nitrogens with zero attached hydrogens (tertiary/aromatic N) is 2. The molecule has 0 amide bonds. The minimum absolute atomic E-state index is 0.326. The fourth-order valence-corrected chi connectivity index (χ4v) is 3.22. The summed E-state index contributed by atoms with van der Waals surface area (Å²) in [5.41, 5.74) is 2.39. The molecular formula is C18H24N2O3S. The second-order valence-corrected chi connectivity index (χ2v) is 6.95. The summed E-state index contributed by atoms with van der Waals surface area (Å²) >= 11 is 1.55. The van der Waals surface area contributed by atoms with Crippen molar-refractivity contribution in [3.8, 4) is 10.6 Å². The first-order valence-electron chi connectivity index (χ1n) is 7.96. The van der Waals surface area contributed by atoms with E-state index in [1.807, 2.05) is 17.5 Å². The monoisotopic (exact) mass is 348 g/mol. The van der Waals surface area contributed by atoms with Crippen LogP contribution in [0, 0.1) is 0 Å². The largest absolute Gasteiger partial charge is 0.465 e. The lowest BCUT2D eigenvalue weighted by molar-refractivity contribution is 0.0600. The van der Waals surface area contributed by atoms with Gasteiger partial charge in [0.15, 0.2) is 0 Å². The number of rotatable bonds is 7. The number of hydrogen-bond acceptors (Lipinski definition) is 6. The number of aromatic nitrogens is 1. The van der Waals surface area contributed by atoms with Crippen LogP contribution in [0.15, 0.2) is 29.6 Å². The van der Waals surface area contributed by atoms with Crippen LogP contribution in [-0.2, 0) is 11.3 Å². The molecule has 1 atom stereocenters. The average molecular weight is 348 g/mol. The van der Waals surface area contributed by atoms with Crippen molar-refractivity contribution in [2.45, 2.75) is 39.5 Å². The van der Waals surface area contributed by atoms with Crippen LogP contribution in [0.2, 0.25) is 0 Å². The number of aliphatic hydroxyl groups excluding tert-OH is 1. The maximum atomic E-state index is 11.7. The van der Waals surface area contributed by atoms with Crippen LogP contribution in [0.3, 0.4) is 0 Å². The molecule has 0 aliphatic heterocycles. The number of carbonyl (C=O) groups is 1. The lowest BCUT2D eigenvalue weighted by atomic mass is 10.1. The van der Waals surface area contributed by atoms with Gasteiger partial charge in [-0.3, -0.25) is 4.90 Å². The summed E-state index contributed by atoms with van der Waals surface area (Å²) in [6, 6.07) is 7.62. The molecule has 1 unspecified atom stereocenters. The zero-order valence-corrected chi connectivity index (χ0v) is 15.3. The van der Waals surface area contributed by atoms with Crippen LogP contribution >= 0.6 is 11.3 Å². The maximum Gasteiger partial charge on any atom is 0.337 e. The molecule has 5 nitrogen and oxygen atoms in total. The molecule has 1 aromatic heterocycles. The van der Waals surface area contributed by atoms with E-state index in [9.17, 15) is 9.90 Å². The normalized spacial score (nSPS) is 12.6. The fourth-order valence-electron chi connectivity index (χ4n) is 2.41. The molecule has 0 bridgehead atoms. The third-order valence-electron chi connectivity index (χ3n) is 3.68. The van der Waals surface area contributed by atoms with Crippen LogP contribution in [0.25, 0.3) is 10.6 Å². The molecule has 24 heavy (non-hydrogen) atoms. The smallest absolute Gasteiger partial charge is 0.337 e. The molecular weight excluding hydrogens is 324 g/mol. The Morgan fingerprint density at radius 3 is 2.75 bits per heavy atom. The Labute approximate surface area is 146 Å². The molecule has 0 aliphatic carbocycles. The van der Waals surface area contributed by atoms with Gasteiger partial charge in [-0.25, -0.2) is 9.78 Å². The van der Waals surface area contributed by atoms with Gasteiger partial charge in [0, 0.05) is 30.1 Å². The molecule has 1 N–H and O–H groups in total. The van der Waals surface area contributed by atoms with Gasteiger partial charge in [-0.1, -0.05) is 12.1 Å². The number of aliphatic hydroxyl groups is 1. The van der Waals surface area contributed by atoms with Gasteiger partial charge in [-0.15, -0.1) is 11.3 Å². The topological polar surface area (TPSA) is 62.7 Å². The SMILES string of the molecule is COC(=O)c1cccc(-c2nc(CN(CC(C)O)C(C)C)cs2)c1. The highest BCUT2D eigenvalue weighted by molar-refractivity contribution is 7.13. The van der Waals surface area contributed by atoms with Gasteiger partial charge >= 0.3 is 5.97 Å². The molecule has 130 valence electrons. The predicted octanol–water partition coefficient (Wildman–Crippen LogP) is 3.19. The number of methoxy groups -OCH3 is 1. The summed E-state index contributed by atoms with van der Waals surface area (Å²) < 4.78 is 4.76. The van der Waals surface area contributed by atoms with Gasteiger partial charge in [-0.2, -0.15) is 0 Å². The minimum atomic E-state index is -0.373. The highest BCUT2D eigenvalue weighted by Gasteiger charge is 2.15. The Morgan fingerprint density at radius 1 is 1.38 bits per heavy atom. The van der Waals surface area contributed by atoms with Crippen LogP contribution < -0.4 is 0 Å². The second kappa shape index (κ2) is 8.37. The van der Waals surface area contributed by atoms with Crippen molar-refractivity contribution < 1.29 is 14.6 Å². The highest BCUT2D eigenvalue weighted by atomic mass is 32.1. The number of ether oxygens (including phenoxy) is 1. The van der Waals surface area contributed by atoms with Crippen LogP contribution in [0.1, 0.15) is 36.8 Å². The van der Waals surface area contributed by atoms with E-state index in [1.165, 1.54) is 7.11 Å². The summed E-state index contributed by atoms with van der Waals surface area (Å²) in [5, 5.41) is 12.5. The first-order valence-corrected chi connectivity index (χ1v) is 8.84. The first-order chi connectivity index (χ1) is 11.4. The summed E-state index contributed by atoms with van der Waals surface area (Å²) in [5.74, 6) is -0.350. The van der Waals surface area contributed by atoms with Crippen molar-refractivity contribution in [2.75, 3.05) is 13.7 Å². The molecule has 1 heterocycles. The highest BCUT2D eigenvalue weighted by Crippen LogP contribution is 2.25. The molecule has 0 spiro atoms. The summed E-state index contributed by atoms with van der Waals surface area (Å²) in [6.45, 7) is 7.31. The standard InChI is InChI=1S/C18H24N2O3S/c1-12(2)20(9-13(3)21)10-16-11-24-17(19-16)14-6-5-7-15(8-14)18(22)23-4/h5-8,11-13,21H,9-10H2,1-4H3. The van der Waals surface area contributed by atoms with Crippen molar-refractivity contribution in [1.82, 2.24) is 9.88 Å². The van der Waals surface area contributed by atoms with E-state index in [-0.39, 0.29) is 12.1 Å². The molecule has 0 saturated carbocycles. The summed E-state index contributed by atoms with van der Waals surface area (Å²) in [6.07, 6.45) is -0.373. The Kier molecular flexibility index (Phi) is 6.48. The molecule has 0 fully saturated rings. The second-order valence-electron chi connectivity index (χ2n) is 6.09. The van der Waals surface area contributed by atoms with Crippen molar-refractivity contribution >= 4 is 17.3 Å². The van der Waals surface area contributed by atoms with Gasteiger partial charge in [0.05, 0.1) is 24.5 Å². The lowest BCUT2D eigenvalue weighted by Gasteiger charge is -2.26. The first kappa shape index (κ1) is 18.6. The van der Waals surface area contributed by atoms with Gasteiger partial charge in [-0.05, 0) is 32.9 Å². The number of thiazole rings is 1. The molecule has 0 saturated heterocycles. The van der Waals surface area contributed by atoms with E-state index < -0.39 is 0 Å². The van der Waals surface area contributed by atoms with E-state index in [1.54, 1.807) is 30.4 Å². The lowest BCUT2D eigenvalue weighted by Crippen LogP contribution is -2.36. The predicted molar refractivity (Wildman–Crippen MR) is 96.1 cm³/mol. The van der Waals surface area contributed by atoms with E-state index in [2.05, 4.69) is 23.7 Å². The van der Waals surface area contributed by atoms with Crippen molar-refractivity contribution in [2.24, 2.45) is 0 Å². The average Bonchev–Trinajstić information content (AvgIpc) is 3.01. The third-order valence-corrected chi connectivity index (χ3v) is 4.62. The van der Waals surface area contributed by atoms with E-state index in [0.717, 1.165) is 16.3 Å². The fraction of sp³-hybridized carbons (Fsp3) is 0.444. The van der Waals surface area contributed by atoms with Gasteiger partial charge in [0.25, 0.3) is 0 Å². The third kappa shape index (κ3) is 4.87. The summed E-state index contributed by atoms with van der Waals surface area (Å²) in [4.78, 5) is 18.5. The Balaban J connectivity index is 2.17. The quantitative estimate of drug-likeness (QED) is 0.779. The van der Waals surface area contributed by atoms with Gasteiger partial charge in [0.1, 0.15) is 5.01 Å². The molecule has 1 aromatic carbocycles. The Hall–Kier alpha value is -1.76. The molecule has 2 aromatic rings. The minimum Gasteiger partial charge on any atom is -0.465 e. The van der Waals surface area contributed by atoms with E-state index in [0.29, 0.717) is 24.7 Å². The summed E-state index contributed by atoms with van der Waals surface area (Å²) in [7, 11) is 1.37. The zero-order chi connectivity index (χ0) is 17.7. The molecule has 0 aliphatic rings. The number of hydrogen-bond donors (Lipinski definition) is 1. The zero-order valence-electron chi connectivity index (χ0n) is 14.5. The van der Waals surface area contributed by atoms with E-state index >= 15 is 0 Å². The Morgan fingerprint density at radius 2 is 2.12 bits per heavy atom. The molecule has 6 heteroatoms. The number of esters is 1. The number of carbonyl (C=O) groups excluding carboxylic acids is 1. The van der Waals surface area contributed by atoms with Crippen LogP contribution in [0.5, 0.6) is 0 Å². The van der Waals surface area contributed by atoms with E-state index in [4.69, 9.17) is 4.74 Å². The van der Waals surface area contributed by atoms with Crippen LogP contribution in [-0.4, -0.2) is 46.8 Å². The van der Waals surface area contributed by atoms with Crippen LogP contribution in [0.4, 0.5) is 0 Å². The van der Waals surface area contributed by atoms with Gasteiger partial charge in [0.2, 0.25) is 0 Å². The van der Waals surface area contributed by atoms with Gasteiger partial charge < -0.3 is 9.84 Å². The van der Waals surface area contributed by atoms with Crippen molar-refractivity contribution in [1.29, 1.82) is 0 Å².